The molecule has 1 aromatic rings. The molecule has 21 heavy (non-hydrogen) atoms. The second-order valence-corrected chi connectivity index (χ2v) is 6.05. The third-order valence-corrected chi connectivity index (χ3v) is 4.80. The molecule has 1 aromatic heterocycles. The third kappa shape index (κ3) is 1.95. The van der Waals surface area contributed by atoms with E-state index < -0.39 is 0 Å². The van der Waals surface area contributed by atoms with E-state index >= 15 is 0 Å². The van der Waals surface area contributed by atoms with Crippen molar-refractivity contribution in [1.29, 1.82) is 0 Å². The minimum Gasteiger partial charge on any atom is -0.463 e. The number of allylic oxidation sites excluding steroid dienone is 2. The molecule has 0 saturated carbocycles. The molecule has 4 rings (SSSR count). The average molecular weight is 281 g/mol. The zero-order valence-electron chi connectivity index (χ0n) is 12.4. The molecule has 1 heterocycles. The van der Waals surface area contributed by atoms with Crippen LogP contribution in [0.5, 0.6) is 0 Å². The molecule has 0 aliphatic heterocycles. The highest BCUT2D eigenvalue weighted by molar-refractivity contribution is 5.98. The first kappa shape index (κ1) is 12.8. The minimum absolute atomic E-state index is 0.182. The summed E-state index contributed by atoms with van der Waals surface area (Å²) in [7, 11) is 0. The van der Waals surface area contributed by atoms with Gasteiger partial charge in [0.25, 0.3) is 0 Å². The highest BCUT2D eigenvalue weighted by Gasteiger charge is 2.31. The third-order valence-electron chi connectivity index (χ3n) is 4.80. The van der Waals surface area contributed by atoms with Crippen LogP contribution in [0.4, 0.5) is 0 Å². The summed E-state index contributed by atoms with van der Waals surface area (Å²) in [6, 6.07) is 0. The molecule has 0 aromatic carbocycles. The van der Waals surface area contributed by atoms with Gasteiger partial charge in [0.05, 0.1) is 12.3 Å². The second-order valence-electron chi connectivity index (χ2n) is 6.05. The van der Waals surface area contributed by atoms with Gasteiger partial charge in [-0.2, -0.15) is 0 Å². The summed E-state index contributed by atoms with van der Waals surface area (Å²) in [6.07, 6.45) is 10.6. The molecular weight excluding hydrogens is 262 g/mol. The van der Waals surface area contributed by atoms with Crippen LogP contribution in [0.2, 0.25) is 0 Å². The SMILES string of the molecule is CCOC(=O)C1=Cc2cnc3c(c2C1)C1=C(CCCC1)C3. The first-order valence-electron chi connectivity index (χ1n) is 7.87. The Labute approximate surface area is 124 Å². The summed E-state index contributed by atoms with van der Waals surface area (Å²) >= 11 is 0. The maximum atomic E-state index is 12.0. The van der Waals surface area contributed by atoms with E-state index in [0.717, 1.165) is 17.6 Å². The Hall–Kier alpha value is -1.90. The lowest BCUT2D eigenvalue weighted by Crippen LogP contribution is -2.08. The van der Waals surface area contributed by atoms with E-state index in [4.69, 9.17) is 4.74 Å². The summed E-state index contributed by atoms with van der Waals surface area (Å²) in [5.41, 5.74) is 8.87. The lowest BCUT2D eigenvalue weighted by Gasteiger charge is -2.16. The van der Waals surface area contributed by atoms with Gasteiger partial charge in [0.2, 0.25) is 0 Å². The van der Waals surface area contributed by atoms with Gasteiger partial charge in [0, 0.05) is 30.2 Å². The Morgan fingerprint density at radius 3 is 3.00 bits per heavy atom. The van der Waals surface area contributed by atoms with Crippen LogP contribution in [-0.4, -0.2) is 17.6 Å². The highest BCUT2D eigenvalue weighted by atomic mass is 16.5. The van der Waals surface area contributed by atoms with E-state index in [0.29, 0.717) is 13.0 Å². The van der Waals surface area contributed by atoms with Gasteiger partial charge in [0.1, 0.15) is 0 Å². The van der Waals surface area contributed by atoms with Crippen molar-refractivity contribution in [2.24, 2.45) is 0 Å². The van der Waals surface area contributed by atoms with Crippen LogP contribution in [0.15, 0.2) is 17.3 Å². The number of pyridine rings is 1. The molecule has 3 nitrogen and oxygen atoms in total. The van der Waals surface area contributed by atoms with Crippen molar-refractivity contribution >= 4 is 17.6 Å². The van der Waals surface area contributed by atoms with Crippen molar-refractivity contribution in [1.82, 2.24) is 4.98 Å². The number of fused-ring (bicyclic) bond motifs is 4. The van der Waals surface area contributed by atoms with Crippen LogP contribution in [0.1, 0.15) is 55.0 Å². The van der Waals surface area contributed by atoms with Crippen LogP contribution < -0.4 is 0 Å². The summed E-state index contributed by atoms with van der Waals surface area (Å²) in [4.78, 5) is 16.6. The first-order valence-corrected chi connectivity index (χ1v) is 7.87. The number of nitrogens with zero attached hydrogens (tertiary/aromatic N) is 1. The molecule has 0 N–H and O–H groups in total. The average Bonchev–Trinajstić information content (AvgIpc) is 3.07. The molecule has 3 aliphatic rings. The molecule has 0 bridgehead atoms. The molecule has 0 atom stereocenters. The Morgan fingerprint density at radius 1 is 1.29 bits per heavy atom. The lowest BCUT2D eigenvalue weighted by atomic mass is 9.89. The molecule has 0 radical (unpaired) electrons. The number of hydrogen-bond donors (Lipinski definition) is 0. The first-order chi connectivity index (χ1) is 10.3. The van der Waals surface area contributed by atoms with Crippen molar-refractivity contribution in [3.05, 3.63) is 39.7 Å². The van der Waals surface area contributed by atoms with Gasteiger partial charge in [0.15, 0.2) is 0 Å². The van der Waals surface area contributed by atoms with Gasteiger partial charge in [-0.1, -0.05) is 5.57 Å². The van der Waals surface area contributed by atoms with E-state index in [1.165, 1.54) is 48.1 Å². The van der Waals surface area contributed by atoms with Crippen molar-refractivity contribution in [2.45, 2.75) is 45.4 Å². The fraction of sp³-hybridized carbons (Fsp3) is 0.444. The quantitative estimate of drug-likeness (QED) is 0.779. The van der Waals surface area contributed by atoms with Crippen molar-refractivity contribution < 1.29 is 9.53 Å². The van der Waals surface area contributed by atoms with Crippen molar-refractivity contribution in [3.63, 3.8) is 0 Å². The number of rotatable bonds is 2. The lowest BCUT2D eigenvalue weighted by molar-refractivity contribution is -0.138. The zero-order chi connectivity index (χ0) is 14.4. The Balaban J connectivity index is 1.73. The molecule has 0 fully saturated rings. The van der Waals surface area contributed by atoms with Crippen LogP contribution in [0, 0.1) is 0 Å². The number of carbonyl (C=O) groups is 1. The van der Waals surface area contributed by atoms with Crippen LogP contribution in [-0.2, 0) is 22.4 Å². The molecule has 0 unspecified atom stereocenters. The molecule has 0 spiro atoms. The number of carbonyl (C=O) groups excluding carboxylic acids is 1. The van der Waals surface area contributed by atoms with E-state index in [9.17, 15) is 4.79 Å². The van der Waals surface area contributed by atoms with E-state index in [-0.39, 0.29) is 5.97 Å². The Morgan fingerprint density at radius 2 is 2.14 bits per heavy atom. The number of hydrogen-bond acceptors (Lipinski definition) is 3. The van der Waals surface area contributed by atoms with Crippen LogP contribution in [0.3, 0.4) is 0 Å². The smallest absolute Gasteiger partial charge is 0.334 e. The largest absolute Gasteiger partial charge is 0.463 e. The number of ether oxygens (including phenoxy) is 1. The number of aromatic nitrogens is 1. The number of esters is 1. The molecule has 0 saturated heterocycles. The van der Waals surface area contributed by atoms with E-state index in [1.807, 2.05) is 19.2 Å². The van der Waals surface area contributed by atoms with Gasteiger partial charge in [-0.15, -0.1) is 0 Å². The fourth-order valence-corrected chi connectivity index (χ4v) is 3.86. The summed E-state index contributed by atoms with van der Waals surface area (Å²) < 4.78 is 5.14. The molecular formula is C18H19NO2. The summed E-state index contributed by atoms with van der Waals surface area (Å²) in [5, 5.41) is 0. The van der Waals surface area contributed by atoms with E-state index in [1.54, 1.807) is 5.57 Å². The minimum atomic E-state index is -0.182. The maximum absolute atomic E-state index is 12.0. The Kier molecular flexibility index (Phi) is 2.95. The van der Waals surface area contributed by atoms with Gasteiger partial charge in [-0.3, -0.25) is 4.98 Å². The van der Waals surface area contributed by atoms with Gasteiger partial charge in [-0.25, -0.2) is 4.79 Å². The summed E-state index contributed by atoms with van der Waals surface area (Å²) in [6.45, 7) is 2.27. The van der Waals surface area contributed by atoms with Gasteiger partial charge >= 0.3 is 5.97 Å². The zero-order valence-corrected chi connectivity index (χ0v) is 12.4. The molecule has 0 amide bonds. The molecule has 108 valence electrons. The van der Waals surface area contributed by atoms with Gasteiger partial charge < -0.3 is 4.74 Å². The van der Waals surface area contributed by atoms with Crippen LogP contribution in [0.25, 0.3) is 11.6 Å². The fourth-order valence-electron chi connectivity index (χ4n) is 3.86. The normalized spacial score (nSPS) is 19.0. The monoisotopic (exact) mass is 281 g/mol. The maximum Gasteiger partial charge on any atom is 0.334 e. The summed E-state index contributed by atoms with van der Waals surface area (Å²) in [5.74, 6) is -0.182. The molecule has 3 aliphatic carbocycles. The second kappa shape index (κ2) is 4.83. The Bertz CT molecular complexity index is 697. The van der Waals surface area contributed by atoms with Gasteiger partial charge in [-0.05, 0) is 55.4 Å². The van der Waals surface area contributed by atoms with Crippen molar-refractivity contribution in [3.8, 4) is 0 Å². The molecule has 3 heteroatoms. The predicted molar refractivity (Wildman–Crippen MR) is 81.6 cm³/mol. The van der Waals surface area contributed by atoms with Crippen molar-refractivity contribution in [2.75, 3.05) is 6.61 Å². The van der Waals surface area contributed by atoms with Crippen LogP contribution >= 0.6 is 0 Å². The van der Waals surface area contributed by atoms with E-state index in [2.05, 4.69) is 4.98 Å². The topological polar surface area (TPSA) is 39.2 Å². The predicted octanol–water partition coefficient (Wildman–Crippen LogP) is 3.47. The standard InChI is InChI=1S/C18H19NO2/c1-2-21-18(20)12-7-13-10-19-16-9-11-5-3-4-6-14(11)17(16)15(13)8-12/h7,10H,2-6,8-9H2,1H3. The highest BCUT2D eigenvalue weighted by Crippen LogP contribution is 2.45.